The summed E-state index contributed by atoms with van der Waals surface area (Å²) in [7, 11) is 1.53. The number of carbonyl (C=O) groups excluding carboxylic acids is 2. The molecule has 3 fully saturated rings. The average Bonchev–Trinajstić information content (AvgIpc) is 3.28. The molecule has 3 rings (SSSR count). The van der Waals surface area contributed by atoms with Gasteiger partial charge in [0.25, 0.3) is 5.92 Å². The first kappa shape index (κ1) is 21.2. The largest absolute Gasteiger partial charge is 0.388 e. The van der Waals surface area contributed by atoms with Crippen LogP contribution in [0.5, 0.6) is 0 Å². The van der Waals surface area contributed by atoms with Crippen molar-refractivity contribution in [2.24, 2.45) is 0 Å². The van der Waals surface area contributed by atoms with E-state index in [1.54, 1.807) is 0 Å². The van der Waals surface area contributed by atoms with E-state index < -0.39 is 49.0 Å². The van der Waals surface area contributed by atoms with Gasteiger partial charge < -0.3 is 34.9 Å². The van der Waals surface area contributed by atoms with Gasteiger partial charge in [0.2, 0.25) is 5.91 Å². The molecule has 11 heteroatoms. The molecule has 3 heterocycles. The molecule has 0 radical (unpaired) electrons. The summed E-state index contributed by atoms with van der Waals surface area (Å²) in [5.74, 6) is -3.19. The summed E-state index contributed by atoms with van der Waals surface area (Å²) in [5.41, 5.74) is 0. The number of hydrogen-bond acceptors (Lipinski definition) is 6. The van der Waals surface area contributed by atoms with Gasteiger partial charge >= 0.3 is 6.03 Å². The molecule has 3 aliphatic rings. The second-order valence-electron chi connectivity index (χ2n) is 7.42. The van der Waals surface area contributed by atoms with Crippen LogP contribution in [0.25, 0.3) is 0 Å². The van der Waals surface area contributed by atoms with Crippen molar-refractivity contribution in [2.45, 2.75) is 55.7 Å². The minimum atomic E-state index is -2.82. The van der Waals surface area contributed by atoms with Crippen LogP contribution in [0.2, 0.25) is 0 Å². The van der Waals surface area contributed by atoms with E-state index in [0.29, 0.717) is 19.6 Å². The minimum Gasteiger partial charge on any atom is -0.388 e. The van der Waals surface area contributed by atoms with Gasteiger partial charge in [-0.05, 0) is 0 Å². The van der Waals surface area contributed by atoms with Crippen LogP contribution in [0.15, 0.2) is 0 Å². The third-order valence-corrected chi connectivity index (χ3v) is 5.26. The number of nitrogens with one attached hydrogen (secondary N) is 2. The monoisotopic (exact) mass is 407 g/mol. The SMILES string of the molecule is COCCNC(=O)NC[C@H]1O[C@@H]2C[C@@H](CC(=O)N3CCC(F)(F)C3)O[C@@H]2[C@@H]1O. The Morgan fingerprint density at radius 2 is 2.11 bits per heavy atom. The maximum atomic E-state index is 13.2. The molecular formula is C17H27F2N3O6. The van der Waals surface area contributed by atoms with E-state index in [1.807, 2.05) is 0 Å². The Hall–Kier alpha value is -1.56. The number of carbonyl (C=O) groups is 2. The molecule has 9 nitrogen and oxygen atoms in total. The Labute approximate surface area is 161 Å². The molecule has 5 atom stereocenters. The van der Waals surface area contributed by atoms with E-state index in [2.05, 4.69) is 10.6 Å². The molecule has 3 aliphatic heterocycles. The minimum absolute atomic E-state index is 0.00994. The van der Waals surface area contributed by atoms with Gasteiger partial charge in [-0.3, -0.25) is 4.79 Å². The number of likely N-dealkylation sites (tertiary alicyclic amines) is 1. The molecule has 0 saturated carbocycles. The molecule has 160 valence electrons. The molecule has 0 unspecified atom stereocenters. The van der Waals surface area contributed by atoms with Crippen LogP contribution in [0.4, 0.5) is 13.6 Å². The number of halogens is 2. The van der Waals surface area contributed by atoms with Crippen LogP contribution < -0.4 is 10.6 Å². The Balaban J connectivity index is 1.39. The lowest BCUT2D eigenvalue weighted by atomic mass is 10.1. The van der Waals surface area contributed by atoms with E-state index >= 15 is 0 Å². The lowest BCUT2D eigenvalue weighted by Gasteiger charge is -2.22. The van der Waals surface area contributed by atoms with Crippen molar-refractivity contribution < 1.29 is 37.7 Å². The summed E-state index contributed by atoms with van der Waals surface area (Å²) in [6, 6.07) is -0.392. The molecule has 0 aromatic carbocycles. The molecule has 0 bridgehead atoms. The van der Waals surface area contributed by atoms with E-state index in [0.717, 1.165) is 4.90 Å². The fraction of sp³-hybridized carbons (Fsp3) is 0.882. The third-order valence-electron chi connectivity index (χ3n) is 5.26. The van der Waals surface area contributed by atoms with E-state index in [4.69, 9.17) is 14.2 Å². The Morgan fingerprint density at radius 1 is 1.32 bits per heavy atom. The Kier molecular flexibility index (Phi) is 6.69. The average molecular weight is 407 g/mol. The second kappa shape index (κ2) is 8.85. The fourth-order valence-electron chi connectivity index (χ4n) is 3.80. The van der Waals surface area contributed by atoms with Crippen LogP contribution in [-0.4, -0.2) is 98.3 Å². The summed E-state index contributed by atoms with van der Waals surface area (Å²) < 4.78 is 42.8. The topological polar surface area (TPSA) is 109 Å². The zero-order chi connectivity index (χ0) is 20.3. The van der Waals surface area contributed by atoms with Gasteiger partial charge in [-0.1, -0.05) is 0 Å². The number of nitrogens with zero attached hydrogens (tertiary/aromatic N) is 1. The molecule has 0 aromatic rings. The maximum absolute atomic E-state index is 13.2. The number of urea groups is 1. The van der Waals surface area contributed by atoms with Crippen molar-refractivity contribution in [1.82, 2.24) is 15.5 Å². The summed E-state index contributed by atoms with van der Waals surface area (Å²) in [6.07, 6.45) is -2.95. The highest BCUT2D eigenvalue weighted by atomic mass is 19.3. The van der Waals surface area contributed by atoms with Crippen molar-refractivity contribution in [1.29, 1.82) is 0 Å². The number of ether oxygens (including phenoxy) is 3. The van der Waals surface area contributed by atoms with Gasteiger partial charge in [-0.2, -0.15) is 0 Å². The number of alkyl halides is 2. The summed E-state index contributed by atoms with van der Waals surface area (Å²) >= 11 is 0. The van der Waals surface area contributed by atoms with Crippen molar-refractivity contribution >= 4 is 11.9 Å². The van der Waals surface area contributed by atoms with Crippen LogP contribution in [-0.2, 0) is 19.0 Å². The molecule has 3 amide bonds. The highest BCUT2D eigenvalue weighted by molar-refractivity contribution is 5.77. The molecule has 28 heavy (non-hydrogen) atoms. The smallest absolute Gasteiger partial charge is 0.314 e. The van der Waals surface area contributed by atoms with Gasteiger partial charge in [0.15, 0.2) is 0 Å². The first-order valence-electron chi connectivity index (χ1n) is 9.44. The van der Waals surface area contributed by atoms with E-state index in [1.165, 1.54) is 7.11 Å². The quantitative estimate of drug-likeness (QED) is 0.490. The second-order valence-corrected chi connectivity index (χ2v) is 7.42. The zero-order valence-corrected chi connectivity index (χ0v) is 15.7. The lowest BCUT2D eigenvalue weighted by Crippen LogP contribution is -2.44. The lowest BCUT2D eigenvalue weighted by molar-refractivity contribution is -0.135. The zero-order valence-electron chi connectivity index (χ0n) is 15.7. The highest BCUT2D eigenvalue weighted by Gasteiger charge is 2.51. The van der Waals surface area contributed by atoms with Gasteiger partial charge in [0.05, 0.1) is 31.8 Å². The maximum Gasteiger partial charge on any atom is 0.314 e. The number of aliphatic hydroxyl groups is 1. The first-order chi connectivity index (χ1) is 13.3. The third kappa shape index (κ3) is 5.07. The molecule has 3 saturated heterocycles. The Morgan fingerprint density at radius 3 is 2.75 bits per heavy atom. The molecule has 3 N–H and O–H groups in total. The molecule has 0 aromatic heterocycles. The number of rotatable bonds is 7. The van der Waals surface area contributed by atoms with E-state index in [9.17, 15) is 23.5 Å². The predicted molar refractivity (Wildman–Crippen MR) is 92.0 cm³/mol. The van der Waals surface area contributed by atoms with Gasteiger partial charge in [0.1, 0.15) is 18.3 Å². The van der Waals surface area contributed by atoms with Gasteiger partial charge in [-0.15, -0.1) is 0 Å². The van der Waals surface area contributed by atoms with Gasteiger partial charge in [0, 0.05) is 39.6 Å². The predicted octanol–water partition coefficient (Wildman–Crippen LogP) is -0.524. The van der Waals surface area contributed by atoms with Crippen molar-refractivity contribution in [2.75, 3.05) is 39.9 Å². The number of hydrogen-bond donors (Lipinski definition) is 3. The van der Waals surface area contributed by atoms with Crippen LogP contribution in [0.3, 0.4) is 0 Å². The summed E-state index contributed by atoms with van der Waals surface area (Å²) in [6.45, 7) is 0.366. The molecule has 0 spiro atoms. The van der Waals surface area contributed by atoms with Crippen molar-refractivity contribution in [3.05, 3.63) is 0 Å². The Bertz CT molecular complexity index is 581. The first-order valence-corrected chi connectivity index (χ1v) is 9.44. The van der Waals surface area contributed by atoms with E-state index in [-0.39, 0.29) is 31.8 Å². The highest BCUT2D eigenvalue weighted by Crippen LogP contribution is 2.36. The summed E-state index contributed by atoms with van der Waals surface area (Å²) in [4.78, 5) is 25.0. The van der Waals surface area contributed by atoms with Crippen molar-refractivity contribution in [3.63, 3.8) is 0 Å². The summed E-state index contributed by atoms with van der Waals surface area (Å²) in [5, 5.41) is 15.6. The van der Waals surface area contributed by atoms with Crippen LogP contribution >= 0.6 is 0 Å². The molecular weight excluding hydrogens is 380 g/mol. The standard InChI is InChI=1S/C17H27F2N3O6/c1-26-5-3-20-16(25)21-8-12-14(24)15-11(28-12)6-10(27-15)7-13(23)22-4-2-17(18,19)9-22/h10-12,14-15,24H,2-9H2,1H3,(H2,20,21,25)/t10-,11+,12+,14+,15-/m0/s1. The number of aliphatic hydroxyl groups excluding tert-OH is 1. The number of fused-ring (bicyclic) bond motifs is 1. The number of methoxy groups -OCH3 is 1. The van der Waals surface area contributed by atoms with Crippen LogP contribution in [0.1, 0.15) is 19.3 Å². The fourth-order valence-corrected chi connectivity index (χ4v) is 3.80. The van der Waals surface area contributed by atoms with Crippen molar-refractivity contribution in [3.8, 4) is 0 Å². The van der Waals surface area contributed by atoms with Crippen LogP contribution in [0, 0.1) is 0 Å². The van der Waals surface area contributed by atoms with Gasteiger partial charge in [-0.25, -0.2) is 13.6 Å². The number of amides is 3. The molecule has 0 aliphatic carbocycles. The normalized spacial score (nSPS) is 33.7.